The van der Waals surface area contributed by atoms with Gasteiger partial charge in [0.2, 0.25) is 0 Å². The molecule has 2 atom stereocenters. The van der Waals surface area contributed by atoms with Gasteiger partial charge in [0.25, 0.3) is 7.82 Å². The minimum atomic E-state index is -4.63. The molecule has 79 heavy (non-hydrogen) atoms. The Kier molecular flexibility index (Phi) is 60.8. The Morgan fingerprint density at radius 1 is 0.342 bits per heavy atom. The Morgan fingerprint density at radius 3 is 0.810 bits per heavy atom. The molecule has 0 bridgehead atoms. The molecule has 0 aromatic heterocycles. The van der Waals surface area contributed by atoms with Crippen molar-refractivity contribution in [1.29, 1.82) is 0 Å². The van der Waals surface area contributed by atoms with Crippen molar-refractivity contribution >= 4 is 19.8 Å². The van der Waals surface area contributed by atoms with Crippen molar-refractivity contribution in [3.05, 3.63) is 0 Å². The van der Waals surface area contributed by atoms with E-state index in [-0.39, 0.29) is 32.0 Å². The van der Waals surface area contributed by atoms with E-state index < -0.39 is 26.5 Å². The van der Waals surface area contributed by atoms with Crippen LogP contribution in [0.3, 0.4) is 0 Å². The van der Waals surface area contributed by atoms with E-state index in [9.17, 15) is 19.0 Å². The molecule has 472 valence electrons. The molecule has 0 heterocycles. The lowest BCUT2D eigenvalue weighted by Crippen LogP contribution is -2.37. The topological polar surface area (TPSA) is 111 Å². The van der Waals surface area contributed by atoms with Crippen LogP contribution in [-0.2, 0) is 32.7 Å². The third kappa shape index (κ3) is 66.0. The molecule has 0 saturated carbocycles. The van der Waals surface area contributed by atoms with Gasteiger partial charge in [-0.3, -0.25) is 14.2 Å². The van der Waals surface area contributed by atoms with Gasteiger partial charge in [-0.15, -0.1) is 0 Å². The summed E-state index contributed by atoms with van der Waals surface area (Å²) in [5.74, 6) is -0.805. The van der Waals surface area contributed by atoms with Gasteiger partial charge in [0.15, 0.2) is 6.10 Å². The number of rotatable bonds is 67. The van der Waals surface area contributed by atoms with Crippen LogP contribution in [0, 0.1) is 0 Å². The lowest BCUT2D eigenvalue weighted by Gasteiger charge is -2.28. The third-order valence-corrected chi connectivity index (χ3v) is 17.3. The van der Waals surface area contributed by atoms with E-state index >= 15 is 0 Å². The van der Waals surface area contributed by atoms with E-state index in [0.29, 0.717) is 17.4 Å². The molecule has 9 nitrogen and oxygen atoms in total. The first kappa shape index (κ1) is 78.0. The predicted octanol–water partition coefficient (Wildman–Crippen LogP) is 21.9. The number of phosphoric ester groups is 1. The molecule has 0 rings (SSSR count). The Labute approximate surface area is 493 Å². The highest BCUT2D eigenvalue weighted by molar-refractivity contribution is 7.45. The minimum absolute atomic E-state index is 0.0249. The van der Waals surface area contributed by atoms with Crippen LogP contribution in [0.1, 0.15) is 380 Å². The van der Waals surface area contributed by atoms with Crippen molar-refractivity contribution in [2.75, 3.05) is 47.5 Å². The molecule has 0 aromatic rings. The van der Waals surface area contributed by atoms with Crippen LogP contribution in [0.15, 0.2) is 0 Å². The van der Waals surface area contributed by atoms with Gasteiger partial charge in [-0.05, 0) is 12.8 Å². The molecule has 0 aliphatic heterocycles. The molecule has 0 radical (unpaired) electrons. The van der Waals surface area contributed by atoms with E-state index in [4.69, 9.17) is 18.5 Å². The van der Waals surface area contributed by atoms with Crippen molar-refractivity contribution in [2.24, 2.45) is 0 Å². The first-order chi connectivity index (χ1) is 38.5. The predicted molar refractivity (Wildman–Crippen MR) is 338 cm³/mol. The van der Waals surface area contributed by atoms with Crippen LogP contribution in [0.25, 0.3) is 0 Å². The summed E-state index contributed by atoms with van der Waals surface area (Å²) in [6.07, 6.45) is 73.5. The Bertz CT molecular complexity index is 1290. The van der Waals surface area contributed by atoms with Gasteiger partial charge in [0, 0.05) is 12.8 Å². The maximum atomic E-state index is 12.8. The number of carbonyl (C=O) groups is 2. The number of hydrogen-bond acceptors (Lipinski definition) is 8. The number of ether oxygens (including phenoxy) is 2. The zero-order chi connectivity index (χ0) is 57.7. The summed E-state index contributed by atoms with van der Waals surface area (Å²) in [5.41, 5.74) is 0. The quantitative estimate of drug-likeness (QED) is 0.0256. The fourth-order valence-corrected chi connectivity index (χ4v) is 11.7. The van der Waals surface area contributed by atoms with Gasteiger partial charge >= 0.3 is 11.9 Å². The molecule has 0 N–H and O–H groups in total. The van der Waals surface area contributed by atoms with Crippen LogP contribution in [0.2, 0.25) is 0 Å². The summed E-state index contributed by atoms with van der Waals surface area (Å²) in [6.45, 7) is 4.33. The van der Waals surface area contributed by atoms with Crippen molar-refractivity contribution in [2.45, 2.75) is 386 Å². The van der Waals surface area contributed by atoms with Crippen molar-refractivity contribution in [1.82, 2.24) is 0 Å². The van der Waals surface area contributed by atoms with Crippen molar-refractivity contribution < 1.29 is 42.1 Å². The standard InChI is InChI=1S/C69H138NO8P/c1-6-8-10-12-14-16-18-20-22-24-26-27-28-29-30-31-32-33-34-35-36-37-38-39-40-41-42-44-46-48-50-52-54-56-58-60-62-69(72)78-67(66-77-79(73,74)76-64-63-70(3,4)5)65-75-68(71)61-59-57-55-53-51-49-47-45-43-25-23-21-19-17-15-13-11-9-7-2/h67H,6-66H2,1-5H3. The highest BCUT2D eigenvalue weighted by Gasteiger charge is 2.22. The number of likely N-dealkylation sites (N-methyl/N-ethyl adjacent to an activating group) is 1. The number of nitrogens with zero attached hydrogens (tertiary/aromatic N) is 1. The van der Waals surface area contributed by atoms with Crippen molar-refractivity contribution in [3.8, 4) is 0 Å². The number of carbonyl (C=O) groups excluding carboxylic acids is 2. The fourth-order valence-electron chi connectivity index (χ4n) is 11.0. The summed E-state index contributed by atoms with van der Waals surface area (Å²) < 4.78 is 34.3. The first-order valence-corrected chi connectivity index (χ1v) is 36.7. The third-order valence-electron chi connectivity index (χ3n) is 16.4. The summed E-state index contributed by atoms with van der Waals surface area (Å²) in [4.78, 5) is 38.0. The van der Waals surface area contributed by atoms with Gasteiger partial charge < -0.3 is 27.9 Å². The van der Waals surface area contributed by atoms with E-state index in [1.165, 1.54) is 315 Å². The molecule has 0 fully saturated rings. The van der Waals surface area contributed by atoms with Crippen LogP contribution in [0.4, 0.5) is 0 Å². The van der Waals surface area contributed by atoms with Crippen LogP contribution in [-0.4, -0.2) is 70.0 Å². The van der Waals surface area contributed by atoms with Crippen LogP contribution < -0.4 is 4.89 Å². The second-order valence-corrected chi connectivity index (χ2v) is 27.0. The van der Waals surface area contributed by atoms with Crippen LogP contribution in [0.5, 0.6) is 0 Å². The zero-order valence-electron chi connectivity index (χ0n) is 53.9. The fraction of sp³-hybridized carbons (Fsp3) is 0.971. The average molecular weight is 1140 g/mol. The second kappa shape index (κ2) is 61.6. The van der Waals surface area contributed by atoms with Gasteiger partial charge in [-0.2, -0.15) is 0 Å². The molecule has 10 heteroatoms. The molecule has 0 amide bonds. The molecule has 0 aliphatic carbocycles. The summed E-state index contributed by atoms with van der Waals surface area (Å²) >= 11 is 0. The number of unbranched alkanes of at least 4 members (excludes halogenated alkanes) is 53. The van der Waals surface area contributed by atoms with Crippen LogP contribution >= 0.6 is 7.82 Å². The smallest absolute Gasteiger partial charge is 0.306 e. The lowest BCUT2D eigenvalue weighted by molar-refractivity contribution is -0.870. The van der Waals surface area contributed by atoms with E-state index in [0.717, 1.165) is 32.1 Å². The van der Waals surface area contributed by atoms with E-state index in [2.05, 4.69) is 13.8 Å². The molecule has 0 aromatic carbocycles. The Balaban J connectivity index is 3.90. The highest BCUT2D eigenvalue weighted by atomic mass is 31.2. The normalized spacial score (nSPS) is 13.0. The number of quaternary nitrogens is 1. The maximum absolute atomic E-state index is 12.8. The molecule has 0 spiro atoms. The minimum Gasteiger partial charge on any atom is -0.756 e. The van der Waals surface area contributed by atoms with Gasteiger partial charge in [0.1, 0.15) is 19.8 Å². The molecular weight excluding hydrogens is 1000 g/mol. The summed E-state index contributed by atoms with van der Waals surface area (Å²) in [5, 5.41) is 0. The highest BCUT2D eigenvalue weighted by Crippen LogP contribution is 2.38. The number of hydrogen-bond donors (Lipinski definition) is 0. The monoisotopic (exact) mass is 1140 g/mol. The average Bonchev–Trinajstić information content (AvgIpc) is 3.41. The Morgan fingerprint density at radius 2 is 0.570 bits per heavy atom. The summed E-state index contributed by atoms with van der Waals surface area (Å²) in [7, 11) is 1.20. The molecule has 2 unspecified atom stereocenters. The number of phosphoric acid groups is 1. The number of esters is 2. The largest absolute Gasteiger partial charge is 0.756 e. The summed E-state index contributed by atoms with van der Waals surface area (Å²) in [6, 6.07) is 0. The Hall–Kier alpha value is -0.990. The molecular formula is C69H138NO8P. The first-order valence-electron chi connectivity index (χ1n) is 35.2. The van der Waals surface area contributed by atoms with Crippen molar-refractivity contribution in [3.63, 3.8) is 0 Å². The SMILES string of the molecule is CCCCCCCCCCCCCCCCCCCCCCCCCCCCCCCCCCCCCCC(=O)OC(COC(=O)CCCCCCCCCCCCCCCCCCCCC)COP(=O)([O-])OCC[N+](C)(C)C. The zero-order valence-corrected chi connectivity index (χ0v) is 54.8. The van der Waals surface area contributed by atoms with Gasteiger partial charge in [0.05, 0.1) is 27.7 Å². The van der Waals surface area contributed by atoms with Gasteiger partial charge in [-0.25, -0.2) is 0 Å². The molecule has 0 saturated heterocycles. The lowest BCUT2D eigenvalue weighted by atomic mass is 10.0. The van der Waals surface area contributed by atoms with E-state index in [1.54, 1.807) is 0 Å². The van der Waals surface area contributed by atoms with Gasteiger partial charge in [-0.1, -0.05) is 354 Å². The second-order valence-electron chi connectivity index (χ2n) is 25.6. The molecule has 0 aliphatic rings. The maximum Gasteiger partial charge on any atom is 0.306 e. The van der Waals surface area contributed by atoms with E-state index in [1.807, 2.05) is 21.1 Å².